The minimum atomic E-state index is -0.345. The molecule has 3 N–H and O–H groups in total. The van der Waals surface area contributed by atoms with E-state index >= 15 is 0 Å². The van der Waals surface area contributed by atoms with Crippen LogP contribution in [0.25, 0.3) is 0 Å². The molecule has 2 heterocycles. The van der Waals surface area contributed by atoms with Gasteiger partial charge in [0.15, 0.2) is 0 Å². The highest BCUT2D eigenvalue weighted by atomic mass is 16.5. The maximum Gasteiger partial charge on any atom is 0.244 e. The number of amides is 3. The molecule has 0 saturated heterocycles. The minimum absolute atomic E-state index is 0.0432. The molecule has 0 atom stereocenters. The van der Waals surface area contributed by atoms with Crippen molar-refractivity contribution >= 4 is 29.4 Å². The third-order valence-electron chi connectivity index (χ3n) is 4.17. The number of carbonyl (C=O) groups excluding carboxylic acids is 3. The Hall–Kier alpha value is -3.49. The Morgan fingerprint density at radius 3 is 2.54 bits per heavy atom. The predicted molar refractivity (Wildman–Crippen MR) is 102 cm³/mol. The number of ether oxygens (including phenoxy) is 1. The number of nitrogens with zero attached hydrogens (tertiary/aromatic N) is 2. The second-order valence-electron chi connectivity index (χ2n) is 6.43. The van der Waals surface area contributed by atoms with E-state index < -0.39 is 0 Å². The van der Waals surface area contributed by atoms with Crippen LogP contribution in [-0.4, -0.2) is 34.2 Å². The molecule has 2 aromatic rings. The van der Waals surface area contributed by atoms with Gasteiger partial charge in [0.05, 0.1) is 12.7 Å². The molecular formula is C19H21N5O4. The summed E-state index contributed by atoms with van der Waals surface area (Å²) in [6.45, 7) is 1.31. The highest BCUT2D eigenvalue weighted by molar-refractivity contribution is 5.94. The van der Waals surface area contributed by atoms with Gasteiger partial charge >= 0.3 is 0 Å². The number of rotatable bonds is 7. The first-order valence-corrected chi connectivity index (χ1v) is 8.95. The lowest BCUT2D eigenvalue weighted by atomic mass is 9.85. The van der Waals surface area contributed by atoms with E-state index in [1.165, 1.54) is 19.3 Å². The third-order valence-corrected chi connectivity index (χ3v) is 4.17. The fraction of sp³-hybridized carbons (Fsp3) is 0.316. The summed E-state index contributed by atoms with van der Waals surface area (Å²) in [7, 11) is 0. The smallest absolute Gasteiger partial charge is 0.244 e. The molecule has 2 aromatic heterocycles. The summed E-state index contributed by atoms with van der Waals surface area (Å²) in [6.07, 6.45) is 5.82. The number of hydrogen-bond acceptors (Lipinski definition) is 6. The van der Waals surface area contributed by atoms with Crippen molar-refractivity contribution in [3.63, 3.8) is 0 Å². The lowest BCUT2D eigenvalue weighted by molar-refractivity contribution is -0.129. The highest BCUT2D eigenvalue weighted by Crippen LogP contribution is 2.26. The van der Waals surface area contributed by atoms with Crippen molar-refractivity contribution in [1.82, 2.24) is 15.3 Å². The van der Waals surface area contributed by atoms with Crippen LogP contribution in [0.1, 0.15) is 26.2 Å². The first-order chi connectivity index (χ1) is 13.5. The molecule has 0 unspecified atom stereocenters. The number of nitrogens with one attached hydrogen (secondary N) is 3. The molecule has 9 nitrogen and oxygen atoms in total. The SMILES string of the molecule is CC(=O)Nc1cc(Oc2ccc(NC(=O)CNC(=O)C3CCC3)nc2)ccn1. The zero-order valence-corrected chi connectivity index (χ0v) is 15.4. The molecule has 0 aromatic carbocycles. The monoisotopic (exact) mass is 383 g/mol. The topological polar surface area (TPSA) is 122 Å². The van der Waals surface area contributed by atoms with Gasteiger partial charge in [-0.25, -0.2) is 9.97 Å². The molecule has 28 heavy (non-hydrogen) atoms. The van der Waals surface area contributed by atoms with Crippen molar-refractivity contribution in [2.45, 2.75) is 26.2 Å². The molecule has 1 fully saturated rings. The molecule has 3 rings (SSSR count). The fourth-order valence-corrected chi connectivity index (χ4v) is 2.54. The molecule has 0 aliphatic heterocycles. The predicted octanol–water partition coefficient (Wildman–Crippen LogP) is 2.08. The standard InChI is InChI=1S/C19H21N5O4/c1-12(25)23-17-9-14(7-8-20-17)28-15-5-6-16(21-10-15)24-18(26)11-22-19(27)13-3-2-4-13/h5-10,13H,2-4,11H2,1H3,(H,22,27)(H,20,23,25)(H,21,24,26). The Balaban J connectivity index is 1.49. The number of pyridine rings is 2. The maximum absolute atomic E-state index is 11.9. The molecular weight excluding hydrogens is 362 g/mol. The maximum atomic E-state index is 11.9. The van der Waals surface area contributed by atoms with Crippen LogP contribution in [0.5, 0.6) is 11.5 Å². The first kappa shape index (κ1) is 19.3. The molecule has 0 bridgehead atoms. The van der Waals surface area contributed by atoms with Gasteiger partial charge in [-0.05, 0) is 31.0 Å². The average Bonchev–Trinajstić information content (AvgIpc) is 2.60. The Morgan fingerprint density at radius 2 is 1.89 bits per heavy atom. The largest absolute Gasteiger partial charge is 0.456 e. The van der Waals surface area contributed by atoms with E-state index in [2.05, 4.69) is 25.9 Å². The van der Waals surface area contributed by atoms with Gasteiger partial charge < -0.3 is 20.7 Å². The molecule has 1 aliphatic carbocycles. The lowest BCUT2D eigenvalue weighted by Gasteiger charge is -2.23. The Bertz CT molecular complexity index is 865. The Kier molecular flexibility index (Phi) is 6.15. The van der Waals surface area contributed by atoms with Gasteiger partial charge in [0.1, 0.15) is 23.1 Å². The van der Waals surface area contributed by atoms with Crippen LogP contribution < -0.4 is 20.7 Å². The van der Waals surface area contributed by atoms with Crippen molar-refractivity contribution in [2.75, 3.05) is 17.2 Å². The molecule has 3 amide bonds. The number of carbonyl (C=O) groups is 3. The van der Waals surface area contributed by atoms with Crippen LogP contribution in [0.4, 0.5) is 11.6 Å². The van der Waals surface area contributed by atoms with Crippen molar-refractivity contribution in [3.05, 3.63) is 36.7 Å². The minimum Gasteiger partial charge on any atom is -0.456 e. The molecule has 9 heteroatoms. The normalized spacial score (nSPS) is 13.2. The van der Waals surface area contributed by atoms with E-state index in [1.54, 1.807) is 24.3 Å². The lowest BCUT2D eigenvalue weighted by Crippen LogP contribution is -2.39. The summed E-state index contributed by atoms with van der Waals surface area (Å²) in [5.74, 6) is 1.07. The highest BCUT2D eigenvalue weighted by Gasteiger charge is 2.25. The number of anilines is 2. The Labute approximate surface area is 161 Å². The molecule has 1 saturated carbocycles. The van der Waals surface area contributed by atoms with E-state index in [0.717, 1.165) is 19.3 Å². The number of aromatic nitrogens is 2. The molecule has 0 radical (unpaired) electrons. The fourth-order valence-electron chi connectivity index (χ4n) is 2.54. The van der Waals surface area contributed by atoms with E-state index in [9.17, 15) is 14.4 Å². The van der Waals surface area contributed by atoms with Gasteiger partial charge in [-0.3, -0.25) is 14.4 Å². The van der Waals surface area contributed by atoms with E-state index in [1.807, 2.05) is 0 Å². The van der Waals surface area contributed by atoms with E-state index in [0.29, 0.717) is 23.1 Å². The van der Waals surface area contributed by atoms with Crippen LogP contribution >= 0.6 is 0 Å². The Morgan fingerprint density at radius 1 is 1.07 bits per heavy atom. The zero-order valence-electron chi connectivity index (χ0n) is 15.4. The van der Waals surface area contributed by atoms with Crippen molar-refractivity contribution in [2.24, 2.45) is 5.92 Å². The van der Waals surface area contributed by atoms with Crippen molar-refractivity contribution in [3.8, 4) is 11.5 Å². The molecule has 0 spiro atoms. The summed E-state index contributed by atoms with van der Waals surface area (Å²) >= 11 is 0. The summed E-state index contributed by atoms with van der Waals surface area (Å²) in [5.41, 5.74) is 0. The van der Waals surface area contributed by atoms with Gasteiger partial charge in [-0.2, -0.15) is 0 Å². The summed E-state index contributed by atoms with van der Waals surface area (Å²) in [4.78, 5) is 42.9. The second kappa shape index (κ2) is 8.94. The quantitative estimate of drug-likeness (QED) is 0.673. The van der Waals surface area contributed by atoms with Crippen LogP contribution in [0, 0.1) is 5.92 Å². The first-order valence-electron chi connectivity index (χ1n) is 8.95. The van der Waals surface area contributed by atoms with Gasteiger partial charge in [0.2, 0.25) is 17.7 Å². The second-order valence-corrected chi connectivity index (χ2v) is 6.43. The average molecular weight is 383 g/mol. The van der Waals surface area contributed by atoms with E-state index in [-0.39, 0.29) is 30.2 Å². The number of hydrogen-bond donors (Lipinski definition) is 3. The van der Waals surface area contributed by atoms with Crippen LogP contribution in [0.15, 0.2) is 36.7 Å². The van der Waals surface area contributed by atoms with Crippen LogP contribution in [-0.2, 0) is 14.4 Å². The van der Waals surface area contributed by atoms with Crippen LogP contribution in [0.2, 0.25) is 0 Å². The summed E-state index contributed by atoms with van der Waals surface area (Å²) in [5, 5.41) is 7.82. The van der Waals surface area contributed by atoms with Crippen molar-refractivity contribution in [1.29, 1.82) is 0 Å². The summed E-state index contributed by atoms with van der Waals surface area (Å²) < 4.78 is 5.66. The third kappa shape index (κ3) is 5.50. The van der Waals surface area contributed by atoms with Gasteiger partial charge in [0.25, 0.3) is 0 Å². The molecule has 146 valence electrons. The van der Waals surface area contributed by atoms with Gasteiger partial charge in [0, 0.05) is 25.1 Å². The van der Waals surface area contributed by atoms with Gasteiger partial charge in [-0.1, -0.05) is 6.42 Å². The zero-order chi connectivity index (χ0) is 19.9. The van der Waals surface area contributed by atoms with E-state index in [4.69, 9.17) is 4.74 Å². The van der Waals surface area contributed by atoms with Crippen molar-refractivity contribution < 1.29 is 19.1 Å². The van der Waals surface area contributed by atoms with Crippen LogP contribution in [0.3, 0.4) is 0 Å². The summed E-state index contributed by atoms with van der Waals surface area (Å²) in [6, 6.07) is 6.47. The van der Waals surface area contributed by atoms with Gasteiger partial charge in [-0.15, -0.1) is 0 Å². The molecule has 1 aliphatic rings.